The van der Waals surface area contributed by atoms with E-state index in [2.05, 4.69) is 10.6 Å². The summed E-state index contributed by atoms with van der Waals surface area (Å²) < 4.78 is 1.80. The number of carbonyl (C=O) groups is 2. The van der Waals surface area contributed by atoms with Gasteiger partial charge in [0.1, 0.15) is 11.7 Å². The van der Waals surface area contributed by atoms with Gasteiger partial charge in [-0.1, -0.05) is 0 Å². The zero-order valence-electron chi connectivity index (χ0n) is 12.1. The lowest BCUT2D eigenvalue weighted by Crippen LogP contribution is -2.45. The van der Waals surface area contributed by atoms with Crippen molar-refractivity contribution in [1.82, 2.24) is 15.2 Å². The summed E-state index contributed by atoms with van der Waals surface area (Å²) in [6, 6.07) is 1.49. The second kappa shape index (κ2) is 5.56. The molecule has 0 bridgehead atoms. The van der Waals surface area contributed by atoms with Gasteiger partial charge in [-0.2, -0.15) is 0 Å². The Morgan fingerprint density at radius 2 is 2.00 bits per heavy atom. The number of nitrogens with one attached hydrogen (secondary N) is 2. The Morgan fingerprint density at radius 1 is 1.35 bits per heavy atom. The highest BCUT2D eigenvalue weighted by molar-refractivity contribution is 5.97. The van der Waals surface area contributed by atoms with E-state index in [1.807, 2.05) is 13.8 Å². The van der Waals surface area contributed by atoms with Gasteiger partial charge < -0.3 is 20.9 Å². The van der Waals surface area contributed by atoms with E-state index < -0.39 is 6.04 Å². The highest BCUT2D eigenvalue weighted by Gasteiger charge is 2.27. The molecule has 4 N–H and O–H groups in total. The lowest BCUT2D eigenvalue weighted by Gasteiger charge is -2.16. The molecular formula is C14H22N4O2. The fourth-order valence-corrected chi connectivity index (χ4v) is 2.00. The predicted octanol–water partition coefficient (Wildman–Crippen LogP) is 1.05. The molecule has 1 fully saturated rings. The van der Waals surface area contributed by atoms with Gasteiger partial charge in [-0.05, 0) is 39.7 Å². The molecule has 1 saturated carbocycles. The lowest BCUT2D eigenvalue weighted by atomic mass is 10.2. The van der Waals surface area contributed by atoms with Crippen LogP contribution in [0.4, 0.5) is 5.69 Å². The molecule has 6 heteroatoms. The van der Waals surface area contributed by atoms with Crippen LogP contribution in [0.5, 0.6) is 0 Å². The third kappa shape index (κ3) is 3.31. The molecule has 1 atom stereocenters. The van der Waals surface area contributed by atoms with Gasteiger partial charge in [-0.15, -0.1) is 0 Å². The Balaban J connectivity index is 2.01. The summed E-state index contributed by atoms with van der Waals surface area (Å²) >= 11 is 0. The third-order valence-electron chi connectivity index (χ3n) is 3.32. The van der Waals surface area contributed by atoms with Crippen LogP contribution < -0.4 is 16.4 Å². The largest absolute Gasteiger partial charge is 0.397 e. The number of hydrogen-bond donors (Lipinski definition) is 3. The van der Waals surface area contributed by atoms with Gasteiger partial charge in [0.05, 0.1) is 5.69 Å². The maximum atomic E-state index is 12.2. The van der Waals surface area contributed by atoms with E-state index in [-0.39, 0.29) is 23.9 Å². The third-order valence-corrected chi connectivity index (χ3v) is 3.32. The molecule has 0 saturated heterocycles. The van der Waals surface area contributed by atoms with Crippen LogP contribution in [-0.4, -0.2) is 28.5 Å². The topological polar surface area (TPSA) is 89.2 Å². The maximum absolute atomic E-state index is 12.2. The van der Waals surface area contributed by atoms with Gasteiger partial charge in [0.2, 0.25) is 5.91 Å². The van der Waals surface area contributed by atoms with Crippen LogP contribution in [0.25, 0.3) is 0 Å². The summed E-state index contributed by atoms with van der Waals surface area (Å²) in [5.74, 6) is -0.426. The molecular weight excluding hydrogens is 256 g/mol. The first-order chi connectivity index (χ1) is 9.38. The van der Waals surface area contributed by atoms with Crippen molar-refractivity contribution in [2.45, 2.75) is 51.7 Å². The van der Waals surface area contributed by atoms with Crippen LogP contribution in [0.15, 0.2) is 12.3 Å². The molecule has 1 unspecified atom stereocenters. The number of amides is 2. The van der Waals surface area contributed by atoms with E-state index in [4.69, 9.17) is 5.73 Å². The van der Waals surface area contributed by atoms with Crippen LogP contribution in [-0.2, 0) is 4.79 Å². The van der Waals surface area contributed by atoms with Crippen molar-refractivity contribution in [3.8, 4) is 0 Å². The number of hydrogen-bond acceptors (Lipinski definition) is 3. The van der Waals surface area contributed by atoms with E-state index >= 15 is 0 Å². The SMILES string of the molecule is CC(NC(=O)c1cc(N)cn1C(C)C)C(=O)NC1CC1. The highest BCUT2D eigenvalue weighted by Crippen LogP contribution is 2.19. The van der Waals surface area contributed by atoms with Crippen LogP contribution in [0.3, 0.4) is 0 Å². The first-order valence-electron chi connectivity index (χ1n) is 6.97. The zero-order valence-corrected chi connectivity index (χ0v) is 12.1. The highest BCUT2D eigenvalue weighted by atomic mass is 16.2. The fraction of sp³-hybridized carbons (Fsp3) is 0.571. The molecule has 0 radical (unpaired) electrons. The smallest absolute Gasteiger partial charge is 0.268 e. The van der Waals surface area contributed by atoms with E-state index in [9.17, 15) is 9.59 Å². The minimum atomic E-state index is -0.556. The number of aromatic nitrogens is 1. The summed E-state index contributed by atoms with van der Waals surface area (Å²) in [6.07, 6.45) is 3.78. The second-order valence-corrected chi connectivity index (χ2v) is 5.64. The molecule has 1 aliphatic rings. The fourth-order valence-electron chi connectivity index (χ4n) is 2.00. The van der Waals surface area contributed by atoms with Crippen molar-refractivity contribution in [3.05, 3.63) is 18.0 Å². The Kier molecular flexibility index (Phi) is 4.01. The lowest BCUT2D eigenvalue weighted by molar-refractivity contribution is -0.122. The number of nitrogen functional groups attached to an aromatic ring is 1. The Hall–Kier alpha value is -1.98. The molecule has 0 spiro atoms. The molecule has 2 amide bonds. The molecule has 6 nitrogen and oxygen atoms in total. The number of anilines is 1. The van der Waals surface area contributed by atoms with Gasteiger partial charge in [0, 0.05) is 18.3 Å². The number of nitrogens with zero attached hydrogens (tertiary/aromatic N) is 1. The van der Waals surface area contributed by atoms with Crippen molar-refractivity contribution in [2.24, 2.45) is 0 Å². The Bertz CT molecular complexity index is 517. The van der Waals surface area contributed by atoms with Crippen molar-refractivity contribution < 1.29 is 9.59 Å². The number of rotatable bonds is 5. The van der Waals surface area contributed by atoms with E-state index in [0.29, 0.717) is 11.4 Å². The average Bonchev–Trinajstić information content (AvgIpc) is 3.08. The van der Waals surface area contributed by atoms with Gasteiger partial charge in [-0.3, -0.25) is 9.59 Å². The molecule has 0 aromatic carbocycles. The first-order valence-corrected chi connectivity index (χ1v) is 6.97. The Morgan fingerprint density at radius 3 is 2.55 bits per heavy atom. The van der Waals surface area contributed by atoms with Gasteiger partial charge in [0.15, 0.2) is 0 Å². The summed E-state index contributed by atoms with van der Waals surface area (Å²) in [7, 11) is 0. The van der Waals surface area contributed by atoms with Crippen molar-refractivity contribution in [3.63, 3.8) is 0 Å². The van der Waals surface area contributed by atoms with Crippen LogP contribution in [0, 0.1) is 0 Å². The quantitative estimate of drug-likeness (QED) is 0.752. The normalized spacial score (nSPS) is 16.0. The zero-order chi connectivity index (χ0) is 14.9. The maximum Gasteiger partial charge on any atom is 0.268 e. The summed E-state index contributed by atoms with van der Waals surface area (Å²) in [5.41, 5.74) is 6.76. The van der Waals surface area contributed by atoms with Crippen LogP contribution >= 0.6 is 0 Å². The molecule has 1 heterocycles. The monoisotopic (exact) mass is 278 g/mol. The molecule has 0 aliphatic heterocycles. The minimum Gasteiger partial charge on any atom is -0.397 e. The van der Waals surface area contributed by atoms with Crippen molar-refractivity contribution in [2.75, 3.05) is 5.73 Å². The minimum absolute atomic E-state index is 0.128. The molecule has 20 heavy (non-hydrogen) atoms. The molecule has 2 rings (SSSR count). The van der Waals surface area contributed by atoms with Crippen LogP contribution in [0.2, 0.25) is 0 Å². The molecule has 1 aromatic rings. The van der Waals surface area contributed by atoms with E-state index in [0.717, 1.165) is 12.8 Å². The summed E-state index contributed by atoms with van der Waals surface area (Å²) in [5, 5.41) is 5.58. The summed E-state index contributed by atoms with van der Waals surface area (Å²) in [4.78, 5) is 24.1. The predicted molar refractivity (Wildman–Crippen MR) is 77.3 cm³/mol. The van der Waals surface area contributed by atoms with Gasteiger partial charge in [-0.25, -0.2) is 0 Å². The standard InChI is InChI=1S/C14H22N4O2/c1-8(2)18-7-10(15)6-12(18)14(20)16-9(3)13(19)17-11-4-5-11/h6-9,11H,4-5,15H2,1-3H3,(H,16,20)(H,17,19). The van der Waals surface area contributed by atoms with Gasteiger partial charge >= 0.3 is 0 Å². The molecule has 1 aromatic heterocycles. The molecule has 1 aliphatic carbocycles. The number of carbonyl (C=O) groups excluding carboxylic acids is 2. The second-order valence-electron chi connectivity index (χ2n) is 5.64. The number of nitrogens with two attached hydrogens (primary N) is 1. The Labute approximate surface area is 118 Å². The van der Waals surface area contributed by atoms with Crippen molar-refractivity contribution in [1.29, 1.82) is 0 Å². The van der Waals surface area contributed by atoms with Crippen LogP contribution in [0.1, 0.15) is 50.1 Å². The van der Waals surface area contributed by atoms with Gasteiger partial charge in [0.25, 0.3) is 5.91 Å². The summed E-state index contributed by atoms with van der Waals surface area (Å²) in [6.45, 7) is 5.63. The average molecular weight is 278 g/mol. The van der Waals surface area contributed by atoms with E-state index in [1.54, 1.807) is 23.8 Å². The molecule has 110 valence electrons. The first kappa shape index (κ1) is 14.4. The van der Waals surface area contributed by atoms with Crippen molar-refractivity contribution >= 4 is 17.5 Å². The van der Waals surface area contributed by atoms with E-state index in [1.165, 1.54) is 0 Å².